The zero-order chi connectivity index (χ0) is 14.8. The van der Waals surface area contributed by atoms with Crippen molar-refractivity contribution >= 4 is 11.6 Å². The lowest BCUT2D eigenvalue weighted by Crippen LogP contribution is -2.01. The van der Waals surface area contributed by atoms with Gasteiger partial charge in [0.1, 0.15) is 12.2 Å². The molecule has 0 aromatic heterocycles. The molecule has 1 aromatic rings. The average Bonchev–Trinajstić information content (AvgIpc) is 2.43. The van der Waals surface area contributed by atoms with E-state index >= 15 is 0 Å². The summed E-state index contributed by atoms with van der Waals surface area (Å²) in [5, 5.41) is 20.0. The minimum Gasteiger partial charge on any atom is -0.380 e. The lowest BCUT2D eigenvalue weighted by atomic mass is 10.1. The number of hydrogen-bond donors (Lipinski definition) is 2. The third-order valence-electron chi connectivity index (χ3n) is 2.76. The maximum absolute atomic E-state index is 9.82. The molecule has 0 bridgehead atoms. The highest BCUT2D eigenvalue weighted by molar-refractivity contribution is 6.30. The molecule has 1 rings (SSSR count). The summed E-state index contributed by atoms with van der Waals surface area (Å²) in [6.07, 6.45) is 2.29. The Kier molecular flexibility index (Phi) is 7.85. The first kappa shape index (κ1) is 16.6. The lowest BCUT2D eigenvalue weighted by Gasteiger charge is -2.02. The van der Waals surface area contributed by atoms with E-state index in [0.717, 1.165) is 19.3 Å². The lowest BCUT2D eigenvalue weighted by molar-refractivity contribution is 0.217. The van der Waals surface area contributed by atoms with Crippen molar-refractivity contribution in [2.45, 2.75) is 44.8 Å². The standard InChI is InChI=1S/C17H19ClO2/c1-2-3-4-10-16(19)11-5-6-12-17(20)14-8-7-9-15(18)13-14/h7-9,13,16-17,19-20H,2-4,10H2,1H3. The van der Waals surface area contributed by atoms with Gasteiger partial charge >= 0.3 is 0 Å². The van der Waals surface area contributed by atoms with Gasteiger partial charge in [-0.25, -0.2) is 0 Å². The summed E-state index contributed by atoms with van der Waals surface area (Å²) in [6.45, 7) is 2.11. The van der Waals surface area contributed by atoms with E-state index < -0.39 is 12.2 Å². The summed E-state index contributed by atoms with van der Waals surface area (Å²) in [6, 6.07) is 6.90. The minimum atomic E-state index is -0.916. The fourth-order valence-corrected chi connectivity index (χ4v) is 1.84. The van der Waals surface area contributed by atoms with Crippen molar-refractivity contribution in [2.75, 3.05) is 0 Å². The van der Waals surface area contributed by atoms with Gasteiger partial charge in [-0.2, -0.15) is 0 Å². The van der Waals surface area contributed by atoms with Gasteiger partial charge in [0.05, 0.1) is 0 Å². The van der Waals surface area contributed by atoms with Gasteiger partial charge in [-0.1, -0.05) is 55.3 Å². The molecule has 0 spiro atoms. The molecular weight excluding hydrogens is 272 g/mol. The normalized spacial score (nSPS) is 12.6. The number of benzene rings is 1. The number of rotatable bonds is 5. The Bertz CT molecular complexity index is 531. The number of unbranched alkanes of at least 4 members (excludes halogenated alkanes) is 2. The van der Waals surface area contributed by atoms with Gasteiger partial charge in [-0.3, -0.25) is 0 Å². The third-order valence-corrected chi connectivity index (χ3v) is 2.99. The first-order valence-corrected chi connectivity index (χ1v) is 7.14. The Morgan fingerprint density at radius 3 is 2.60 bits per heavy atom. The molecule has 2 nitrogen and oxygen atoms in total. The fourth-order valence-electron chi connectivity index (χ4n) is 1.64. The van der Waals surface area contributed by atoms with Crippen molar-refractivity contribution in [2.24, 2.45) is 0 Å². The molecule has 2 atom stereocenters. The quantitative estimate of drug-likeness (QED) is 0.645. The smallest absolute Gasteiger partial charge is 0.141 e. The highest BCUT2D eigenvalue weighted by Crippen LogP contribution is 2.16. The third kappa shape index (κ3) is 6.64. The van der Waals surface area contributed by atoms with Crippen LogP contribution in [0.5, 0.6) is 0 Å². The zero-order valence-electron chi connectivity index (χ0n) is 11.6. The number of hydrogen-bond acceptors (Lipinski definition) is 2. The Morgan fingerprint density at radius 2 is 1.90 bits per heavy atom. The van der Waals surface area contributed by atoms with Crippen LogP contribution in [0, 0.1) is 23.7 Å². The van der Waals surface area contributed by atoms with Gasteiger partial charge in [-0.15, -0.1) is 0 Å². The Hall–Kier alpha value is -1.45. The number of aliphatic hydroxyl groups is 2. The van der Waals surface area contributed by atoms with Crippen LogP contribution in [0.3, 0.4) is 0 Å². The molecule has 0 aliphatic carbocycles. The van der Waals surface area contributed by atoms with Gasteiger partial charge < -0.3 is 10.2 Å². The summed E-state index contributed by atoms with van der Waals surface area (Å²) in [5.74, 6) is 10.4. The molecule has 2 N–H and O–H groups in total. The largest absolute Gasteiger partial charge is 0.380 e. The van der Waals surface area contributed by atoms with Gasteiger partial charge in [0.25, 0.3) is 0 Å². The second-order valence-electron chi connectivity index (χ2n) is 4.51. The van der Waals surface area contributed by atoms with Crippen molar-refractivity contribution in [3.8, 4) is 23.7 Å². The van der Waals surface area contributed by atoms with Gasteiger partial charge in [0.15, 0.2) is 0 Å². The van der Waals surface area contributed by atoms with E-state index in [1.807, 2.05) is 0 Å². The first-order valence-electron chi connectivity index (χ1n) is 6.76. The summed E-state index contributed by atoms with van der Waals surface area (Å²) >= 11 is 5.83. The predicted molar refractivity (Wildman–Crippen MR) is 82.1 cm³/mol. The minimum absolute atomic E-state index is 0.556. The van der Waals surface area contributed by atoms with Crippen LogP contribution in [0.1, 0.15) is 44.3 Å². The SMILES string of the molecule is CCCCCC(O)C#CC#CC(O)c1cccc(Cl)c1. The molecule has 2 unspecified atom stereocenters. The van der Waals surface area contributed by atoms with E-state index in [1.54, 1.807) is 24.3 Å². The molecule has 1 aromatic carbocycles. The average molecular weight is 291 g/mol. The molecule has 0 aliphatic heterocycles. The van der Waals surface area contributed by atoms with Crippen molar-refractivity contribution in [1.82, 2.24) is 0 Å². The van der Waals surface area contributed by atoms with Gasteiger partial charge in [0.2, 0.25) is 0 Å². The predicted octanol–water partition coefficient (Wildman–Crippen LogP) is 3.32. The monoisotopic (exact) mass is 290 g/mol. The van der Waals surface area contributed by atoms with Crippen LogP contribution in [-0.4, -0.2) is 16.3 Å². The second-order valence-corrected chi connectivity index (χ2v) is 4.94. The Balaban J connectivity index is 2.50. The number of halogens is 1. The molecule has 106 valence electrons. The summed E-state index contributed by atoms with van der Waals surface area (Å²) in [4.78, 5) is 0. The van der Waals surface area contributed by atoms with Gasteiger partial charge in [0, 0.05) is 5.02 Å². The first-order chi connectivity index (χ1) is 9.63. The molecule has 0 fully saturated rings. The van der Waals surface area contributed by atoms with Crippen LogP contribution in [-0.2, 0) is 0 Å². The fraction of sp³-hybridized carbons (Fsp3) is 0.412. The molecule has 0 amide bonds. The van der Waals surface area contributed by atoms with E-state index in [9.17, 15) is 10.2 Å². The molecule has 0 aliphatic rings. The van der Waals surface area contributed by atoms with Crippen molar-refractivity contribution in [3.63, 3.8) is 0 Å². The summed E-state index contributed by atoms with van der Waals surface area (Å²) in [5.41, 5.74) is 0.635. The van der Waals surface area contributed by atoms with E-state index in [1.165, 1.54) is 0 Å². The zero-order valence-corrected chi connectivity index (χ0v) is 12.3. The highest BCUT2D eigenvalue weighted by Gasteiger charge is 2.03. The van der Waals surface area contributed by atoms with E-state index in [2.05, 4.69) is 30.6 Å². The molecular formula is C17H19ClO2. The van der Waals surface area contributed by atoms with E-state index in [4.69, 9.17) is 11.6 Å². The van der Waals surface area contributed by atoms with Gasteiger partial charge in [-0.05, 0) is 42.4 Å². The van der Waals surface area contributed by atoms with E-state index in [-0.39, 0.29) is 0 Å². The van der Waals surface area contributed by atoms with Crippen molar-refractivity contribution in [3.05, 3.63) is 34.9 Å². The van der Waals surface area contributed by atoms with E-state index in [0.29, 0.717) is 17.0 Å². The maximum atomic E-state index is 9.82. The van der Waals surface area contributed by atoms with Crippen LogP contribution in [0.15, 0.2) is 24.3 Å². The maximum Gasteiger partial charge on any atom is 0.141 e. The summed E-state index contributed by atoms with van der Waals surface area (Å²) < 4.78 is 0. The van der Waals surface area contributed by atoms with Crippen molar-refractivity contribution < 1.29 is 10.2 Å². The molecule has 3 heteroatoms. The molecule has 0 radical (unpaired) electrons. The molecule has 0 saturated carbocycles. The van der Waals surface area contributed by atoms with Crippen LogP contribution < -0.4 is 0 Å². The second kappa shape index (κ2) is 9.45. The topological polar surface area (TPSA) is 40.5 Å². The Labute approximate surface area is 125 Å². The molecule has 20 heavy (non-hydrogen) atoms. The van der Waals surface area contributed by atoms with Crippen LogP contribution >= 0.6 is 11.6 Å². The van der Waals surface area contributed by atoms with Crippen LogP contribution in [0.4, 0.5) is 0 Å². The Morgan fingerprint density at radius 1 is 1.15 bits per heavy atom. The van der Waals surface area contributed by atoms with Crippen LogP contribution in [0.25, 0.3) is 0 Å². The summed E-state index contributed by atoms with van der Waals surface area (Å²) in [7, 11) is 0. The molecule has 0 heterocycles. The van der Waals surface area contributed by atoms with Crippen LogP contribution in [0.2, 0.25) is 5.02 Å². The highest BCUT2D eigenvalue weighted by atomic mass is 35.5. The molecule has 0 saturated heterocycles. The van der Waals surface area contributed by atoms with Crippen molar-refractivity contribution in [1.29, 1.82) is 0 Å². The number of aliphatic hydroxyl groups excluding tert-OH is 2.